The molecule has 0 aromatic carbocycles. The molecule has 0 aliphatic carbocycles. The van der Waals surface area contributed by atoms with Crippen molar-refractivity contribution >= 4 is 5.91 Å². The summed E-state index contributed by atoms with van der Waals surface area (Å²) in [6, 6.07) is -0.797. The molecule has 0 saturated carbocycles. The molecule has 5 heteroatoms. The van der Waals surface area contributed by atoms with Crippen molar-refractivity contribution in [2.75, 3.05) is 6.61 Å². The van der Waals surface area contributed by atoms with Crippen LogP contribution >= 0.6 is 0 Å². The second-order valence-electron chi connectivity index (χ2n) is 14.9. The molecule has 0 fully saturated rings. The average Bonchev–Trinajstić information content (AvgIpc) is 3.12. The first-order chi connectivity index (χ1) is 24.6. The van der Waals surface area contributed by atoms with Gasteiger partial charge in [-0.2, -0.15) is 0 Å². The van der Waals surface area contributed by atoms with E-state index >= 15 is 0 Å². The van der Waals surface area contributed by atoms with Gasteiger partial charge in [0.05, 0.1) is 18.8 Å². The minimum atomic E-state index is -1.10. The summed E-state index contributed by atoms with van der Waals surface area (Å²) in [6.07, 6.45) is 50.4. The third-order valence-electron chi connectivity index (χ3n) is 9.98. The molecule has 1 amide bonds. The van der Waals surface area contributed by atoms with Crippen molar-refractivity contribution < 1.29 is 20.1 Å². The summed E-state index contributed by atoms with van der Waals surface area (Å²) in [5, 5.41) is 33.0. The van der Waals surface area contributed by atoms with E-state index in [0.717, 1.165) is 38.5 Å². The van der Waals surface area contributed by atoms with Crippen LogP contribution in [-0.4, -0.2) is 46.1 Å². The Bertz CT molecular complexity index is 779. The number of aliphatic hydroxyl groups is 3. The molecule has 0 spiro atoms. The SMILES string of the molecule is CCCCCCCCCC/C=C/C(O)C(CO)NC(=O)C(O)CCCCCCCCCCCC/C=C\C/C=C\CCCCCCCCCCC. The zero-order chi connectivity index (χ0) is 36.6. The summed E-state index contributed by atoms with van der Waals surface area (Å²) in [7, 11) is 0. The van der Waals surface area contributed by atoms with Gasteiger partial charge in [0.1, 0.15) is 6.10 Å². The topological polar surface area (TPSA) is 89.8 Å². The number of allylic oxidation sites excluding steroid dienone is 5. The number of rotatable bonds is 39. The minimum Gasteiger partial charge on any atom is -0.394 e. The number of nitrogens with one attached hydrogen (secondary N) is 1. The summed E-state index contributed by atoms with van der Waals surface area (Å²) in [5.74, 6) is -0.508. The van der Waals surface area contributed by atoms with Gasteiger partial charge in [-0.1, -0.05) is 204 Å². The summed E-state index contributed by atoms with van der Waals surface area (Å²) in [6.45, 7) is 4.15. The van der Waals surface area contributed by atoms with Crippen LogP contribution in [0.1, 0.15) is 219 Å². The van der Waals surface area contributed by atoms with Crippen LogP contribution in [0.2, 0.25) is 0 Å². The predicted molar refractivity (Wildman–Crippen MR) is 218 cm³/mol. The lowest BCUT2D eigenvalue weighted by molar-refractivity contribution is -0.131. The molecule has 0 aliphatic rings. The molecular formula is C45H85NO4. The quantitative estimate of drug-likeness (QED) is 0.0379. The number of unbranched alkanes of at least 4 members (excludes halogenated alkanes) is 27. The Morgan fingerprint density at radius 3 is 1.26 bits per heavy atom. The number of amides is 1. The van der Waals surface area contributed by atoms with Crippen molar-refractivity contribution in [3.05, 3.63) is 36.5 Å². The zero-order valence-electron chi connectivity index (χ0n) is 33.3. The fourth-order valence-electron chi connectivity index (χ4n) is 6.51. The van der Waals surface area contributed by atoms with Crippen LogP contribution in [0.5, 0.6) is 0 Å². The zero-order valence-corrected chi connectivity index (χ0v) is 33.3. The van der Waals surface area contributed by atoms with Crippen molar-refractivity contribution in [2.24, 2.45) is 0 Å². The van der Waals surface area contributed by atoms with Gasteiger partial charge in [0, 0.05) is 0 Å². The van der Waals surface area contributed by atoms with Gasteiger partial charge in [0.2, 0.25) is 5.91 Å². The Kier molecular flexibility index (Phi) is 39.2. The Hall–Kier alpha value is -1.43. The van der Waals surface area contributed by atoms with E-state index in [0.29, 0.717) is 6.42 Å². The van der Waals surface area contributed by atoms with E-state index in [1.165, 1.54) is 161 Å². The van der Waals surface area contributed by atoms with E-state index in [9.17, 15) is 20.1 Å². The van der Waals surface area contributed by atoms with E-state index in [2.05, 4.69) is 43.5 Å². The van der Waals surface area contributed by atoms with Crippen LogP contribution in [0.15, 0.2) is 36.5 Å². The van der Waals surface area contributed by atoms with Crippen molar-refractivity contribution in [3.63, 3.8) is 0 Å². The van der Waals surface area contributed by atoms with Crippen molar-refractivity contribution in [1.29, 1.82) is 0 Å². The molecule has 0 rings (SSSR count). The van der Waals surface area contributed by atoms with Crippen LogP contribution in [0.25, 0.3) is 0 Å². The highest BCUT2D eigenvalue weighted by Crippen LogP contribution is 2.14. The second-order valence-corrected chi connectivity index (χ2v) is 14.9. The van der Waals surface area contributed by atoms with Crippen LogP contribution in [0, 0.1) is 0 Å². The molecule has 0 aromatic heterocycles. The van der Waals surface area contributed by atoms with Gasteiger partial charge in [-0.3, -0.25) is 4.79 Å². The molecule has 0 aromatic rings. The highest BCUT2D eigenvalue weighted by Gasteiger charge is 2.22. The molecule has 0 heterocycles. The first-order valence-corrected chi connectivity index (χ1v) is 21.8. The van der Waals surface area contributed by atoms with Gasteiger partial charge in [0.15, 0.2) is 0 Å². The number of hydrogen-bond donors (Lipinski definition) is 4. The Balaban J connectivity index is 3.61. The summed E-state index contributed by atoms with van der Waals surface area (Å²) < 4.78 is 0. The third kappa shape index (κ3) is 35.0. The van der Waals surface area contributed by atoms with Crippen LogP contribution < -0.4 is 5.32 Å². The van der Waals surface area contributed by atoms with Gasteiger partial charge in [-0.15, -0.1) is 0 Å². The predicted octanol–water partition coefficient (Wildman–Crippen LogP) is 12.4. The lowest BCUT2D eigenvalue weighted by Crippen LogP contribution is -2.48. The molecule has 3 unspecified atom stereocenters. The van der Waals surface area contributed by atoms with Gasteiger partial charge >= 0.3 is 0 Å². The van der Waals surface area contributed by atoms with E-state index < -0.39 is 24.2 Å². The number of carbonyl (C=O) groups is 1. The molecule has 294 valence electrons. The fraction of sp³-hybridized carbons (Fsp3) is 0.844. The molecule has 0 radical (unpaired) electrons. The highest BCUT2D eigenvalue weighted by atomic mass is 16.3. The summed E-state index contributed by atoms with van der Waals surface area (Å²) >= 11 is 0. The lowest BCUT2D eigenvalue weighted by atomic mass is 10.0. The Morgan fingerprint density at radius 2 is 0.860 bits per heavy atom. The molecule has 0 bridgehead atoms. The van der Waals surface area contributed by atoms with Crippen LogP contribution in [0.3, 0.4) is 0 Å². The summed E-state index contributed by atoms with van der Waals surface area (Å²) in [4.78, 5) is 12.4. The lowest BCUT2D eigenvalue weighted by Gasteiger charge is -2.21. The third-order valence-corrected chi connectivity index (χ3v) is 9.98. The molecule has 5 nitrogen and oxygen atoms in total. The van der Waals surface area contributed by atoms with Crippen molar-refractivity contribution in [2.45, 2.75) is 238 Å². The molecule has 0 aliphatic heterocycles. The Labute approximate surface area is 311 Å². The maximum Gasteiger partial charge on any atom is 0.249 e. The van der Waals surface area contributed by atoms with Crippen molar-refractivity contribution in [3.8, 4) is 0 Å². The monoisotopic (exact) mass is 704 g/mol. The van der Waals surface area contributed by atoms with Crippen LogP contribution in [0.4, 0.5) is 0 Å². The van der Waals surface area contributed by atoms with E-state index in [4.69, 9.17) is 0 Å². The largest absolute Gasteiger partial charge is 0.394 e. The molecular weight excluding hydrogens is 618 g/mol. The maximum absolute atomic E-state index is 12.4. The average molecular weight is 704 g/mol. The molecule has 50 heavy (non-hydrogen) atoms. The van der Waals surface area contributed by atoms with E-state index in [-0.39, 0.29) is 6.61 Å². The van der Waals surface area contributed by atoms with Gasteiger partial charge in [-0.05, 0) is 51.4 Å². The number of hydrogen-bond acceptors (Lipinski definition) is 4. The van der Waals surface area contributed by atoms with Gasteiger partial charge in [0.25, 0.3) is 0 Å². The first kappa shape index (κ1) is 48.6. The molecule has 4 N–H and O–H groups in total. The Morgan fingerprint density at radius 1 is 0.500 bits per heavy atom. The molecule has 0 saturated heterocycles. The number of carbonyl (C=O) groups excluding carboxylic acids is 1. The summed E-state index contributed by atoms with van der Waals surface area (Å²) in [5.41, 5.74) is 0. The van der Waals surface area contributed by atoms with E-state index in [1.54, 1.807) is 6.08 Å². The standard InChI is InChI=1S/C45H85NO4/c1-3-5-7-9-11-13-15-16-17-18-19-20-21-22-23-24-25-26-27-28-29-30-32-34-36-38-40-44(49)45(50)46-42(41-47)43(48)39-37-35-33-31-14-12-10-8-6-4-2/h19-20,22-23,37,39,42-44,47-49H,3-18,21,24-36,38,40-41H2,1-2H3,(H,46,50)/b20-19-,23-22-,39-37+. The maximum atomic E-state index is 12.4. The first-order valence-electron chi connectivity index (χ1n) is 21.8. The highest BCUT2D eigenvalue weighted by molar-refractivity contribution is 5.80. The van der Waals surface area contributed by atoms with E-state index in [1.807, 2.05) is 6.08 Å². The smallest absolute Gasteiger partial charge is 0.249 e. The number of aliphatic hydroxyl groups excluding tert-OH is 3. The second kappa shape index (κ2) is 40.3. The minimum absolute atomic E-state index is 0.365. The normalized spacial score (nSPS) is 13.9. The molecule has 3 atom stereocenters. The van der Waals surface area contributed by atoms with Crippen LogP contribution in [-0.2, 0) is 4.79 Å². The van der Waals surface area contributed by atoms with Gasteiger partial charge in [-0.25, -0.2) is 0 Å². The van der Waals surface area contributed by atoms with Crippen molar-refractivity contribution in [1.82, 2.24) is 5.32 Å². The fourth-order valence-corrected chi connectivity index (χ4v) is 6.51. The van der Waals surface area contributed by atoms with Gasteiger partial charge < -0.3 is 20.6 Å².